The Morgan fingerprint density at radius 3 is 1.93 bits per heavy atom. The molecule has 0 aliphatic carbocycles. The topological polar surface area (TPSA) is 120 Å². The van der Waals surface area contributed by atoms with Crippen molar-refractivity contribution < 1.29 is 35.0 Å². The van der Waals surface area contributed by atoms with Crippen LogP contribution in [0.15, 0.2) is 24.3 Å². The van der Waals surface area contributed by atoms with Crippen LogP contribution in [0.4, 0.5) is 0 Å². The van der Waals surface area contributed by atoms with Crippen LogP contribution in [0.1, 0.15) is 63.9 Å². The maximum atomic E-state index is 9.82. The Hall–Kier alpha value is -1.22. The van der Waals surface area contributed by atoms with Crippen molar-refractivity contribution in [2.24, 2.45) is 0 Å². The fourth-order valence-electron chi connectivity index (χ4n) is 3.07. The molecular weight excluding hydrogens is 388 g/mol. The van der Waals surface area contributed by atoms with E-state index in [1.54, 1.807) is 0 Å². The maximum absolute atomic E-state index is 9.82. The summed E-state index contributed by atoms with van der Waals surface area (Å²) in [6.07, 6.45) is 3.95. The smallest absolute Gasteiger partial charge is 0.119 e. The van der Waals surface area contributed by atoms with Crippen molar-refractivity contribution in [1.82, 2.24) is 0 Å². The molecule has 1 rings (SSSR count). The zero-order valence-corrected chi connectivity index (χ0v) is 18.2. The van der Waals surface area contributed by atoms with Crippen LogP contribution in [0.25, 0.3) is 0 Å². The van der Waals surface area contributed by atoms with Gasteiger partial charge in [0.25, 0.3) is 0 Å². The fourth-order valence-corrected chi connectivity index (χ4v) is 3.07. The molecule has 5 N–H and O–H groups in total. The molecule has 0 saturated carbocycles. The molecule has 1 aromatic carbocycles. The molecule has 0 radical (unpaired) electrons. The molecule has 7 nitrogen and oxygen atoms in total. The Morgan fingerprint density at radius 2 is 1.33 bits per heavy atom. The second-order valence-electron chi connectivity index (χ2n) is 7.78. The number of hydrogen-bond donors (Lipinski definition) is 5. The summed E-state index contributed by atoms with van der Waals surface area (Å²) >= 11 is 0. The van der Waals surface area contributed by atoms with Gasteiger partial charge in [0.2, 0.25) is 0 Å². The highest BCUT2D eigenvalue weighted by atomic mass is 16.5. The second kappa shape index (κ2) is 16.5. The van der Waals surface area contributed by atoms with E-state index in [1.807, 2.05) is 24.3 Å². The third kappa shape index (κ3) is 11.2. The molecule has 0 fully saturated rings. The Bertz CT molecular complexity index is 523. The van der Waals surface area contributed by atoms with Crippen molar-refractivity contribution in [3.05, 3.63) is 29.8 Å². The van der Waals surface area contributed by atoms with E-state index in [2.05, 4.69) is 6.92 Å². The summed E-state index contributed by atoms with van der Waals surface area (Å²) in [6.45, 7) is 2.23. The zero-order valence-electron chi connectivity index (χ0n) is 18.2. The van der Waals surface area contributed by atoms with Gasteiger partial charge in [0, 0.05) is 0 Å². The standard InChI is InChI=1S/C23H40O7/c1-2-3-4-5-6-7-8-9-14-30-19-12-10-18(11-13-19)16-29-17-21(26)23(28)22(27)20(25)15-24/h10-13,20-28H,2-9,14-17H2,1H3. The number of unbranched alkanes of at least 4 members (excludes halogenated alkanes) is 7. The van der Waals surface area contributed by atoms with Crippen LogP contribution >= 0.6 is 0 Å². The van der Waals surface area contributed by atoms with Gasteiger partial charge in [-0.2, -0.15) is 0 Å². The van der Waals surface area contributed by atoms with Crippen LogP contribution in [-0.4, -0.2) is 69.8 Å². The SMILES string of the molecule is CCCCCCCCCCOc1ccc(COCC(O)C(O)C(O)C(O)CO)cc1. The van der Waals surface area contributed by atoms with Crippen LogP contribution in [0.5, 0.6) is 5.75 Å². The molecule has 174 valence electrons. The van der Waals surface area contributed by atoms with E-state index in [0.29, 0.717) is 6.61 Å². The number of hydrogen-bond acceptors (Lipinski definition) is 7. The number of rotatable bonds is 18. The Morgan fingerprint density at radius 1 is 0.767 bits per heavy atom. The predicted octanol–water partition coefficient (Wildman–Crippen LogP) is 2.16. The molecular formula is C23H40O7. The molecule has 0 bridgehead atoms. The average molecular weight is 429 g/mol. The lowest BCUT2D eigenvalue weighted by atomic mass is 10.0. The first-order chi connectivity index (χ1) is 14.5. The lowest BCUT2D eigenvalue weighted by Crippen LogP contribution is -2.47. The largest absolute Gasteiger partial charge is 0.494 e. The highest BCUT2D eigenvalue weighted by Gasteiger charge is 2.29. The lowest BCUT2D eigenvalue weighted by molar-refractivity contribution is -0.130. The zero-order chi connectivity index (χ0) is 22.2. The Balaban J connectivity index is 2.16. The van der Waals surface area contributed by atoms with Crippen LogP contribution < -0.4 is 4.74 Å². The summed E-state index contributed by atoms with van der Waals surface area (Å²) in [6, 6.07) is 7.48. The van der Waals surface area contributed by atoms with E-state index in [-0.39, 0.29) is 13.2 Å². The molecule has 0 spiro atoms. The molecule has 4 atom stereocenters. The second-order valence-corrected chi connectivity index (χ2v) is 7.78. The summed E-state index contributed by atoms with van der Waals surface area (Å²) < 4.78 is 11.1. The fraction of sp³-hybridized carbons (Fsp3) is 0.739. The molecule has 30 heavy (non-hydrogen) atoms. The van der Waals surface area contributed by atoms with Gasteiger partial charge in [-0.25, -0.2) is 0 Å². The van der Waals surface area contributed by atoms with Crippen molar-refractivity contribution in [1.29, 1.82) is 0 Å². The van der Waals surface area contributed by atoms with Gasteiger partial charge in [-0.3, -0.25) is 0 Å². The maximum Gasteiger partial charge on any atom is 0.119 e. The van der Waals surface area contributed by atoms with Gasteiger partial charge < -0.3 is 35.0 Å². The summed E-state index contributed by atoms with van der Waals surface area (Å²) in [7, 11) is 0. The molecule has 0 aliphatic heterocycles. The van der Waals surface area contributed by atoms with Gasteiger partial charge in [0.05, 0.1) is 26.4 Å². The van der Waals surface area contributed by atoms with E-state index < -0.39 is 31.0 Å². The van der Waals surface area contributed by atoms with Crippen molar-refractivity contribution in [2.45, 2.75) is 89.3 Å². The molecule has 0 amide bonds. The molecule has 1 aromatic rings. The third-order valence-corrected chi connectivity index (χ3v) is 5.07. The van der Waals surface area contributed by atoms with Gasteiger partial charge in [-0.05, 0) is 24.1 Å². The number of aliphatic hydroxyl groups excluding tert-OH is 5. The predicted molar refractivity (Wildman–Crippen MR) is 115 cm³/mol. The van der Waals surface area contributed by atoms with E-state index in [0.717, 1.165) is 17.7 Å². The van der Waals surface area contributed by atoms with Gasteiger partial charge >= 0.3 is 0 Å². The highest BCUT2D eigenvalue weighted by molar-refractivity contribution is 5.26. The quantitative estimate of drug-likeness (QED) is 0.227. The Labute approximate surface area is 180 Å². The summed E-state index contributed by atoms with van der Waals surface area (Å²) in [4.78, 5) is 0. The molecule has 7 heteroatoms. The molecule has 0 aromatic heterocycles. The first-order valence-electron chi connectivity index (χ1n) is 11.1. The lowest BCUT2D eigenvalue weighted by Gasteiger charge is -2.25. The first-order valence-corrected chi connectivity index (χ1v) is 11.1. The number of aliphatic hydroxyl groups is 5. The van der Waals surface area contributed by atoms with E-state index in [9.17, 15) is 20.4 Å². The molecule has 0 aliphatic rings. The highest BCUT2D eigenvalue weighted by Crippen LogP contribution is 2.15. The van der Waals surface area contributed by atoms with Crippen molar-refractivity contribution in [3.8, 4) is 5.75 Å². The number of ether oxygens (including phenoxy) is 2. The average Bonchev–Trinajstić information content (AvgIpc) is 2.77. The third-order valence-electron chi connectivity index (χ3n) is 5.07. The van der Waals surface area contributed by atoms with Crippen molar-refractivity contribution in [2.75, 3.05) is 19.8 Å². The summed E-state index contributed by atoms with van der Waals surface area (Å²) in [5.41, 5.74) is 0.882. The molecule has 0 heterocycles. The monoisotopic (exact) mass is 428 g/mol. The Kier molecular flexibility index (Phi) is 14.7. The van der Waals surface area contributed by atoms with E-state index in [1.165, 1.54) is 44.9 Å². The minimum atomic E-state index is -1.65. The molecule has 4 unspecified atom stereocenters. The first kappa shape index (κ1) is 26.8. The summed E-state index contributed by atoms with van der Waals surface area (Å²) in [5, 5.41) is 47.2. The minimum absolute atomic E-state index is 0.215. The van der Waals surface area contributed by atoms with Gasteiger partial charge in [-0.1, -0.05) is 64.0 Å². The number of benzene rings is 1. The summed E-state index contributed by atoms with van der Waals surface area (Å²) in [5.74, 6) is 0.804. The van der Waals surface area contributed by atoms with Crippen molar-refractivity contribution in [3.63, 3.8) is 0 Å². The van der Waals surface area contributed by atoms with E-state index >= 15 is 0 Å². The molecule has 0 saturated heterocycles. The van der Waals surface area contributed by atoms with Crippen LogP contribution in [-0.2, 0) is 11.3 Å². The van der Waals surface area contributed by atoms with Crippen molar-refractivity contribution >= 4 is 0 Å². The van der Waals surface area contributed by atoms with Crippen LogP contribution in [0, 0.1) is 0 Å². The van der Waals surface area contributed by atoms with Crippen LogP contribution in [0.2, 0.25) is 0 Å². The van der Waals surface area contributed by atoms with E-state index in [4.69, 9.17) is 14.6 Å². The van der Waals surface area contributed by atoms with Crippen LogP contribution in [0.3, 0.4) is 0 Å². The van der Waals surface area contributed by atoms with Gasteiger partial charge in [0.1, 0.15) is 30.2 Å². The van der Waals surface area contributed by atoms with Gasteiger partial charge in [-0.15, -0.1) is 0 Å². The minimum Gasteiger partial charge on any atom is -0.494 e. The van der Waals surface area contributed by atoms with Gasteiger partial charge in [0.15, 0.2) is 0 Å². The normalized spacial score (nSPS) is 15.5.